The molecule has 2 aromatic heterocycles. The zero-order valence-corrected chi connectivity index (χ0v) is 12.9. The van der Waals surface area contributed by atoms with Gasteiger partial charge in [-0.2, -0.15) is 0 Å². The fourth-order valence-electron chi connectivity index (χ4n) is 2.51. The Balaban J connectivity index is 2.05. The van der Waals surface area contributed by atoms with E-state index < -0.39 is 35.9 Å². The van der Waals surface area contributed by atoms with Crippen molar-refractivity contribution in [3.05, 3.63) is 35.3 Å². The van der Waals surface area contributed by atoms with Gasteiger partial charge < -0.3 is 19.2 Å². The molecule has 3 rings (SSSR count). The number of esters is 2. The normalized spacial score (nSPS) is 23.1. The highest BCUT2D eigenvalue weighted by Gasteiger charge is 2.47. The minimum absolute atomic E-state index is 0.101. The van der Waals surface area contributed by atoms with Crippen molar-refractivity contribution in [1.29, 1.82) is 0 Å². The third kappa shape index (κ3) is 2.62. The third-order valence-electron chi connectivity index (χ3n) is 3.40. The smallest absolute Gasteiger partial charge is 0.303 e. The Morgan fingerprint density at radius 3 is 2.67 bits per heavy atom. The second kappa shape index (κ2) is 5.80. The Morgan fingerprint density at radius 2 is 2.00 bits per heavy atom. The van der Waals surface area contributed by atoms with E-state index in [1.54, 1.807) is 0 Å². The molecule has 3 heterocycles. The van der Waals surface area contributed by atoms with Gasteiger partial charge >= 0.3 is 11.9 Å². The summed E-state index contributed by atoms with van der Waals surface area (Å²) in [5, 5.41) is 0. The van der Waals surface area contributed by atoms with Gasteiger partial charge in [0.25, 0.3) is 5.56 Å². The molecule has 1 aliphatic rings. The lowest BCUT2D eigenvalue weighted by atomic mass is 10.2. The van der Waals surface area contributed by atoms with E-state index in [0.29, 0.717) is 0 Å². The van der Waals surface area contributed by atoms with Gasteiger partial charge in [0.1, 0.15) is 12.1 Å². The number of hydrogen-bond donors (Lipinski definition) is 1. The molecule has 1 N–H and O–H groups in total. The minimum Gasteiger partial charge on any atom is -0.467 e. The largest absolute Gasteiger partial charge is 0.467 e. The number of imidazole rings is 1. The number of ether oxygens (including phenoxy) is 3. The molecule has 0 amide bonds. The number of aromatic amines is 1. The number of H-pyrrole nitrogens is 1. The van der Waals surface area contributed by atoms with E-state index in [1.807, 2.05) is 0 Å². The summed E-state index contributed by atoms with van der Waals surface area (Å²) >= 11 is 0. The topological polar surface area (TPSA) is 125 Å². The van der Waals surface area contributed by atoms with Gasteiger partial charge in [-0.3, -0.25) is 19.0 Å². The minimum atomic E-state index is -0.989. The number of carbonyl (C=O) groups excluding carboxylic acids is 2. The highest BCUT2D eigenvalue weighted by atomic mass is 16.6. The lowest BCUT2D eigenvalue weighted by molar-refractivity contribution is -0.164. The van der Waals surface area contributed by atoms with Crippen molar-refractivity contribution >= 4 is 23.1 Å². The van der Waals surface area contributed by atoms with Crippen molar-refractivity contribution in [2.24, 2.45) is 0 Å². The fourth-order valence-corrected chi connectivity index (χ4v) is 2.51. The van der Waals surface area contributed by atoms with E-state index in [0.717, 1.165) is 0 Å². The van der Waals surface area contributed by atoms with Gasteiger partial charge in [0.05, 0.1) is 6.33 Å². The molecule has 0 aromatic carbocycles. The van der Waals surface area contributed by atoms with Crippen molar-refractivity contribution in [1.82, 2.24) is 19.5 Å². The summed E-state index contributed by atoms with van der Waals surface area (Å²) < 4.78 is 17.4. The lowest BCUT2D eigenvalue weighted by Crippen LogP contribution is -2.35. The first-order chi connectivity index (χ1) is 11.4. The molecular weight excluding hydrogens is 320 g/mol. The average molecular weight is 334 g/mol. The van der Waals surface area contributed by atoms with Crippen molar-refractivity contribution in [2.45, 2.75) is 32.3 Å². The standard InChI is InChI=1S/C14H14N4O6/c1-6-10(23-7(2)19)11(24-8(3)20)14(22-6)18-5-17-9-12(18)15-4-16-13(9)21/h4-5,10-11,14H,1H2,2-3H3,(H,15,16,21)/t10-,11-,14-/m1/s1. The Morgan fingerprint density at radius 1 is 1.29 bits per heavy atom. The van der Waals surface area contributed by atoms with Gasteiger partial charge in [0.2, 0.25) is 18.4 Å². The van der Waals surface area contributed by atoms with Crippen molar-refractivity contribution in [2.75, 3.05) is 0 Å². The number of aromatic nitrogens is 4. The zero-order chi connectivity index (χ0) is 17.4. The maximum atomic E-state index is 11.8. The quantitative estimate of drug-likeness (QED) is 0.779. The molecule has 2 aromatic rings. The molecule has 10 heteroatoms. The molecule has 24 heavy (non-hydrogen) atoms. The summed E-state index contributed by atoms with van der Waals surface area (Å²) in [6.45, 7) is 6.13. The number of hydrogen-bond acceptors (Lipinski definition) is 8. The van der Waals surface area contributed by atoms with Gasteiger partial charge in [-0.05, 0) is 0 Å². The molecule has 1 aliphatic heterocycles. The van der Waals surface area contributed by atoms with Crippen LogP contribution < -0.4 is 5.56 Å². The summed E-state index contributed by atoms with van der Waals surface area (Å²) in [5.41, 5.74) is -0.0856. The molecule has 0 spiro atoms. The van der Waals surface area contributed by atoms with E-state index in [4.69, 9.17) is 14.2 Å². The van der Waals surface area contributed by atoms with Crippen LogP contribution in [0.1, 0.15) is 20.1 Å². The molecule has 1 fully saturated rings. The predicted molar refractivity (Wildman–Crippen MR) is 78.5 cm³/mol. The summed E-state index contributed by atoms with van der Waals surface area (Å²) in [6, 6.07) is 0. The number of nitrogens with one attached hydrogen (secondary N) is 1. The summed E-state index contributed by atoms with van der Waals surface area (Å²) in [5.74, 6) is -1.04. The first kappa shape index (κ1) is 15.7. The van der Waals surface area contributed by atoms with Gasteiger partial charge in [-0.25, -0.2) is 9.97 Å². The number of nitrogens with zero attached hydrogens (tertiary/aromatic N) is 3. The van der Waals surface area contributed by atoms with Crippen LogP contribution in [-0.4, -0.2) is 43.7 Å². The second-order valence-corrected chi connectivity index (χ2v) is 5.13. The van der Waals surface area contributed by atoms with Crippen LogP contribution in [0, 0.1) is 0 Å². The number of rotatable bonds is 3. The van der Waals surface area contributed by atoms with Crippen molar-refractivity contribution in [3.8, 4) is 0 Å². The molecule has 10 nitrogen and oxygen atoms in total. The summed E-state index contributed by atoms with van der Waals surface area (Å²) in [6.07, 6.45) is -0.340. The Kier molecular flexibility index (Phi) is 3.80. The molecule has 0 aliphatic carbocycles. The molecule has 0 bridgehead atoms. The van der Waals surface area contributed by atoms with Crippen LogP contribution in [0.15, 0.2) is 29.8 Å². The lowest BCUT2D eigenvalue weighted by Gasteiger charge is -2.21. The van der Waals surface area contributed by atoms with E-state index in [1.165, 1.54) is 31.1 Å². The first-order valence-electron chi connectivity index (χ1n) is 6.98. The highest BCUT2D eigenvalue weighted by molar-refractivity contribution is 5.70. The fraction of sp³-hybridized carbons (Fsp3) is 0.357. The van der Waals surface area contributed by atoms with Gasteiger partial charge in [0, 0.05) is 13.8 Å². The van der Waals surface area contributed by atoms with Crippen LogP contribution in [0.4, 0.5) is 0 Å². The van der Waals surface area contributed by atoms with Crippen molar-refractivity contribution in [3.63, 3.8) is 0 Å². The molecule has 0 radical (unpaired) electrons. The van der Waals surface area contributed by atoms with E-state index in [9.17, 15) is 14.4 Å². The summed E-state index contributed by atoms with van der Waals surface area (Å²) in [7, 11) is 0. The third-order valence-corrected chi connectivity index (χ3v) is 3.40. The van der Waals surface area contributed by atoms with Crippen LogP contribution in [0.2, 0.25) is 0 Å². The van der Waals surface area contributed by atoms with E-state index in [2.05, 4.69) is 21.5 Å². The zero-order valence-electron chi connectivity index (χ0n) is 12.9. The van der Waals surface area contributed by atoms with Gasteiger partial charge in [-0.1, -0.05) is 6.58 Å². The monoisotopic (exact) mass is 334 g/mol. The summed E-state index contributed by atoms with van der Waals surface area (Å²) in [4.78, 5) is 44.9. The number of carbonyl (C=O) groups is 2. The number of fused-ring (bicyclic) bond motifs is 1. The van der Waals surface area contributed by atoms with Crippen LogP contribution in [0.25, 0.3) is 11.2 Å². The van der Waals surface area contributed by atoms with Crippen LogP contribution in [0.5, 0.6) is 0 Å². The highest BCUT2D eigenvalue weighted by Crippen LogP contribution is 2.36. The molecule has 126 valence electrons. The molecule has 3 atom stereocenters. The van der Waals surface area contributed by atoms with E-state index in [-0.39, 0.29) is 16.9 Å². The van der Waals surface area contributed by atoms with Crippen molar-refractivity contribution < 1.29 is 23.8 Å². The first-order valence-corrected chi connectivity index (χ1v) is 6.98. The second-order valence-electron chi connectivity index (χ2n) is 5.13. The Hall–Kier alpha value is -3.17. The molecule has 1 saturated heterocycles. The van der Waals surface area contributed by atoms with Gasteiger partial charge in [-0.15, -0.1) is 0 Å². The molecular formula is C14H14N4O6. The van der Waals surface area contributed by atoms with E-state index >= 15 is 0 Å². The Bertz CT molecular complexity index is 885. The SMILES string of the molecule is C=C1O[C@@H](n2cnc3c(=O)[nH]cnc32)[C@H](OC(C)=O)[C@@H]1OC(C)=O. The maximum absolute atomic E-state index is 11.8. The maximum Gasteiger partial charge on any atom is 0.303 e. The van der Waals surface area contributed by atoms with Crippen LogP contribution >= 0.6 is 0 Å². The van der Waals surface area contributed by atoms with Crippen LogP contribution in [0.3, 0.4) is 0 Å². The van der Waals surface area contributed by atoms with Crippen LogP contribution in [-0.2, 0) is 23.8 Å². The average Bonchev–Trinajstić information content (AvgIpc) is 3.03. The predicted octanol–water partition coefficient (Wildman–Crippen LogP) is 0.0255. The molecule has 0 saturated carbocycles. The van der Waals surface area contributed by atoms with Gasteiger partial charge in [0.15, 0.2) is 11.2 Å². The Labute approximate surface area is 135 Å². The molecule has 0 unspecified atom stereocenters.